The molecule has 2 heterocycles. The molecule has 2 aliphatic heterocycles. The number of sulfonamides is 1. The Balaban J connectivity index is 2.21. The first-order valence-electron chi connectivity index (χ1n) is 7.28. The summed E-state index contributed by atoms with van der Waals surface area (Å²) in [5.41, 5.74) is -1.24. The minimum absolute atomic E-state index is 0.0915. The number of carboxylic acids is 1. The molecule has 0 spiro atoms. The van der Waals surface area contributed by atoms with Crippen molar-refractivity contribution in [1.82, 2.24) is 4.31 Å². The average Bonchev–Trinajstić information content (AvgIpc) is 2.98. The Morgan fingerprint density at radius 1 is 1.45 bits per heavy atom. The minimum Gasteiger partial charge on any atom is -0.480 e. The molecule has 2 saturated heterocycles. The fourth-order valence-corrected chi connectivity index (χ4v) is 5.46. The second-order valence-corrected chi connectivity index (χ2v) is 7.61. The van der Waals surface area contributed by atoms with Gasteiger partial charge in [-0.25, -0.2) is 8.42 Å². The number of rotatable bonds is 6. The largest absolute Gasteiger partial charge is 0.480 e. The van der Waals surface area contributed by atoms with E-state index in [1.165, 1.54) is 4.31 Å². The Morgan fingerprint density at radius 2 is 2.20 bits per heavy atom. The molecule has 0 aromatic heterocycles. The van der Waals surface area contributed by atoms with Crippen LogP contribution < -0.4 is 0 Å². The van der Waals surface area contributed by atoms with Crippen LogP contribution in [0.15, 0.2) is 0 Å². The number of ether oxygens (including phenoxy) is 1. The molecule has 2 rings (SSSR count). The zero-order valence-electron chi connectivity index (χ0n) is 11.9. The van der Waals surface area contributed by atoms with Gasteiger partial charge in [-0.05, 0) is 32.1 Å². The Morgan fingerprint density at radius 3 is 2.75 bits per heavy atom. The van der Waals surface area contributed by atoms with Crippen molar-refractivity contribution in [3.05, 3.63) is 0 Å². The van der Waals surface area contributed by atoms with Gasteiger partial charge in [-0.1, -0.05) is 13.3 Å². The SMILES string of the molecule is CCCC1(C(=O)O)CCCN1S(=O)(=O)CC1CCCO1. The van der Waals surface area contributed by atoms with Gasteiger partial charge in [0.2, 0.25) is 10.0 Å². The molecule has 20 heavy (non-hydrogen) atoms. The smallest absolute Gasteiger partial charge is 0.325 e. The topological polar surface area (TPSA) is 83.9 Å². The van der Waals surface area contributed by atoms with Crippen LogP contribution in [-0.2, 0) is 19.6 Å². The van der Waals surface area contributed by atoms with Gasteiger partial charge in [0.1, 0.15) is 5.54 Å². The summed E-state index contributed by atoms with van der Waals surface area (Å²) in [5, 5.41) is 9.55. The van der Waals surface area contributed by atoms with E-state index in [0.717, 1.165) is 12.8 Å². The molecular weight excluding hydrogens is 282 g/mol. The molecule has 0 amide bonds. The van der Waals surface area contributed by atoms with Gasteiger partial charge in [0.05, 0.1) is 11.9 Å². The van der Waals surface area contributed by atoms with Crippen LogP contribution in [-0.4, -0.2) is 54.3 Å². The fraction of sp³-hybridized carbons (Fsp3) is 0.923. The summed E-state index contributed by atoms with van der Waals surface area (Å²) in [5.74, 6) is -1.11. The van der Waals surface area contributed by atoms with Crippen molar-refractivity contribution in [2.75, 3.05) is 18.9 Å². The predicted molar refractivity (Wildman–Crippen MR) is 74.0 cm³/mol. The molecule has 0 bridgehead atoms. The summed E-state index contributed by atoms with van der Waals surface area (Å²) in [6, 6.07) is 0. The van der Waals surface area contributed by atoms with Gasteiger partial charge in [0, 0.05) is 13.2 Å². The van der Waals surface area contributed by atoms with Crippen LogP contribution in [0.1, 0.15) is 45.4 Å². The van der Waals surface area contributed by atoms with Crippen molar-refractivity contribution in [1.29, 1.82) is 0 Å². The first kappa shape index (κ1) is 15.7. The lowest BCUT2D eigenvalue weighted by Gasteiger charge is -2.34. The van der Waals surface area contributed by atoms with Crippen LogP contribution >= 0.6 is 0 Å². The number of aliphatic carboxylic acids is 1. The van der Waals surface area contributed by atoms with Crippen LogP contribution in [0.2, 0.25) is 0 Å². The molecule has 0 aliphatic carbocycles. The summed E-state index contributed by atoms with van der Waals surface area (Å²) in [6.07, 6.45) is 3.36. The maximum absolute atomic E-state index is 12.6. The van der Waals surface area contributed by atoms with Crippen molar-refractivity contribution >= 4 is 16.0 Å². The van der Waals surface area contributed by atoms with Gasteiger partial charge in [0.25, 0.3) is 0 Å². The molecule has 7 heteroatoms. The highest BCUT2D eigenvalue weighted by atomic mass is 32.2. The van der Waals surface area contributed by atoms with E-state index < -0.39 is 21.5 Å². The molecule has 0 aromatic rings. The van der Waals surface area contributed by atoms with Crippen LogP contribution in [0.4, 0.5) is 0 Å². The Labute approximate surface area is 120 Å². The first-order valence-corrected chi connectivity index (χ1v) is 8.89. The van der Waals surface area contributed by atoms with E-state index in [1.54, 1.807) is 0 Å². The zero-order chi connectivity index (χ0) is 14.8. The van der Waals surface area contributed by atoms with Gasteiger partial charge >= 0.3 is 5.97 Å². The zero-order valence-corrected chi connectivity index (χ0v) is 12.7. The Kier molecular flexibility index (Phi) is 4.71. The third-order valence-electron chi connectivity index (χ3n) is 4.25. The van der Waals surface area contributed by atoms with Gasteiger partial charge < -0.3 is 9.84 Å². The third kappa shape index (κ3) is 2.84. The van der Waals surface area contributed by atoms with Crippen molar-refractivity contribution in [2.45, 2.75) is 57.1 Å². The predicted octanol–water partition coefficient (Wildman–Crippen LogP) is 1.21. The van der Waals surface area contributed by atoms with Crippen LogP contribution in [0, 0.1) is 0 Å². The average molecular weight is 305 g/mol. The summed E-state index contributed by atoms with van der Waals surface area (Å²) in [7, 11) is -3.59. The third-order valence-corrected chi connectivity index (χ3v) is 6.24. The lowest BCUT2D eigenvalue weighted by atomic mass is 9.92. The monoisotopic (exact) mass is 305 g/mol. The van der Waals surface area contributed by atoms with Crippen molar-refractivity contribution in [3.8, 4) is 0 Å². The van der Waals surface area contributed by atoms with Crippen LogP contribution in [0.25, 0.3) is 0 Å². The van der Waals surface area contributed by atoms with E-state index in [-0.39, 0.29) is 11.9 Å². The molecule has 0 radical (unpaired) electrons. The number of carbonyl (C=O) groups is 1. The maximum Gasteiger partial charge on any atom is 0.325 e. The quantitative estimate of drug-likeness (QED) is 0.797. The Bertz CT molecular complexity index is 457. The van der Waals surface area contributed by atoms with Crippen molar-refractivity contribution in [2.24, 2.45) is 0 Å². The van der Waals surface area contributed by atoms with Gasteiger partial charge in [0.15, 0.2) is 0 Å². The second-order valence-electron chi connectivity index (χ2n) is 5.68. The summed E-state index contributed by atoms with van der Waals surface area (Å²) in [6.45, 7) is 2.79. The number of hydrogen-bond donors (Lipinski definition) is 1. The molecule has 116 valence electrons. The van der Waals surface area contributed by atoms with Crippen molar-refractivity contribution in [3.63, 3.8) is 0 Å². The van der Waals surface area contributed by atoms with Gasteiger partial charge in [-0.15, -0.1) is 0 Å². The molecule has 0 saturated carbocycles. The van der Waals surface area contributed by atoms with E-state index >= 15 is 0 Å². The minimum atomic E-state index is -3.59. The molecule has 0 aromatic carbocycles. The molecular formula is C13H23NO5S. The molecule has 1 N–H and O–H groups in total. The molecule has 2 aliphatic rings. The van der Waals surface area contributed by atoms with Gasteiger partial charge in [-0.2, -0.15) is 4.31 Å². The lowest BCUT2D eigenvalue weighted by Crippen LogP contribution is -2.54. The molecule has 6 nitrogen and oxygen atoms in total. The molecule has 2 fully saturated rings. The van der Waals surface area contributed by atoms with E-state index in [4.69, 9.17) is 4.74 Å². The fourth-order valence-electron chi connectivity index (χ4n) is 3.34. The standard InChI is InChI=1S/C13H23NO5S/c1-2-6-13(12(15)16)7-4-8-14(13)20(17,18)10-11-5-3-9-19-11/h11H,2-10H2,1H3,(H,15,16). The number of carboxylic acid groups (broad SMARTS) is 1. The highest BCUT2D eigenvalue weighted by molar-refractivity contribution is 7.89. The normalized spacial score (nSPS) is 31.8. The highest BCUT2D eigenvalue weighted by Gasteiger charge is 2.52. The number of nitrogens with zero attached hydrogens (tertiary/aromatic N) is 1. The highest BCUT2D eigenvalue weighted by Crippen LogP contribution is 2.37. The first-order chi connectivity index (χ1) is 9.42. The van der Waals surface area contributed by atoms with E-state index in [2.05, 4.69) is 0 Å². The van der Waals surface area contributed by atoms with Crippen LogP contribution in [0.5, 0.6) is 0 Å². The summed E-state index contributed by atoms with van der Waals surface area (Å²) < 4.78 is 31.7. The summed E-state index contributed by atoms with van der Waals surface area (Å²) >= 11 is 0. The van der Waals surface area contributed by atoms with E-state index in [0.29, 0.717) is 38.8 Å². The molecule has 2 atom stereocenters. The maximum atomic E-state index is 12.6. The molecule has 2 unspecified atom stereocenters. The summed E-state index contributed by atoms with van der Waals surface area (Å²) in [4.78, 5) is 11.7. The lowest BCUT2D eigenvalue weighted by molar-refractivity contribution is -0.147. The van der Waals surface area contributed by atoms with Crippen molar-refractivity contribution < 1.29 is 23.1 Å². The van der Waals surface area contributed by atoms with Crippen LogP contribution in [0.3, 0.4) is 0 Å². The Hall–Kier alpha value is -0.660. The number of hydrogen-bond acceptors (Lipinski definition) is 4. The van der Waals surface area contributed by atoms with E-state index in [9.17, 15) is 18.3 Å². The van der Waals surface area contributed by atoms with E-state index in [1.807, 2.05) is 6.92 Å². The second kappa shape index (κ2) is 5.99. The van der Waals surface area contributed by atoms with Gasteiger partial charge in [-0.3, -0.25) is 4.79 Å².